The maximum absolute atomic E-state index is 11.8. The van der Waals surface area contributed by atoms with Crippen molar-refractivity contribution in [3.05, 3.63) is 28.8 Å². The summed E-state index contributed by atoms with van der Waals surface area (Å²) in [5.41, 5.74) is 0.400. The van der Waals surface area contributed by atoms with Crippen LogP contribution in [0.15, 0.2) is 18.2 Å². The molecule has 108 valence electrons. The zero-order valence-electron chi connectivity index (χ0n) is 10.9. The molecule has 0 radical (unpaired) electrons. The van der Waals surface area contributed by atoms with Gasteiger partial charge < -0.3 is 15.7 Å². The Bertz CT molecular complexity index is 546. The molecule has 1 aliphatic carbocycles. The van der Waals surface area contributed by atoms with Crippen LogP contribution in [0.5, 0.6) is 0 Å². The van der Waals surface area contributed by atoms with Crippen molar-refractivity contribution in [3.8, 4) is 0 Å². The number of carboxylic acid groups (broad SMARTS) is 1. The number of carbonyl (C=O) groups excluding carboxylic acids is 1. The lowest BCUT2D eigenvalue weighted by molar-refractivity contribution is 0.0697. The number of hydrogen-bond donors (Lipinski definition) is 3. The molecule has 1 aromatic rings. The molecule has 2 rings (SSSR count). The van der Waals surface area contributed by atoms with Crippen LogP contribution in [0.2, 0.25) is 5.02 Å². The SMILES string of the molecule is CSC1(CNC(=O)Nc2cc(Cl)cc(C(=O)O)c2)CC1. The third-order valence-corrected chi connectivity index (χ3v) is 4.85. The summed E-state index contributed by atoms with van der Waals surface area (Å²) in [6.45, 7) is 0.604. The van der Waals surface area contributed by atoms with Gasteiger partial charge in [-0.1, -0.05) is 11.6 Å². The lowest BCUT2D eigenvalue weighted by Crippen LogP contribution is -2.35. The number of amides is 2. The van der Waals surface area contributed by atoms with Crippen LogP contribution in [0.25, 0.3) is 0 Å². The lowest BCUT2D eigenvalue weighted by Gasteiger charge is -2.14. The van der Waals surface area contributed by atoms with Crippen molar-refractivity contribution < 1.29 is 14.7 Å². The van der Waals surface area contributed by atoms with E-state index in [-0.39, 0.29) is 21.4 Å². The molecule has 0 atom stereocenters. The van der Waals surface area contributed by atoms with Gasteiger partial charge in [0, 0.05) is 22.0 Å². The molecule has 20 heavy (non-hydrogen) atoms. The second kappa shape index (κ2) is 5.93. The molecule has 0 bridgehead atoms. The number of benzene rings is 1. The monoisotopic (exact) mass is 314 g/mol. The van der Waals surface area contributed by atoms with Gasteiger partial charge in [0.15, 0.2) is 0 Å². The smallest absolute Gasteiger partial charge is 0.335 e. The Labute approximate surface area is 126 Å². The van der Waals surface area contributed by atoms with E-state index in [1.165, 1.54) is 18.2 Å². The van der Waals surface area contributed by atoms with Gasteiger partial charge in [0.05, 0.1) is 5.56 Å². The van der Waals surface area contributed by atoms with Crippen molar-refractivity contribution in [1.29, 1.82) is 0 Å². The number of urea groups is 1. The van der Waals surface area contributed by atoms with Gasteiger partial charge in [-0.15, -0.1) is 0 Å². The van der Waals surface area contributed by atoms with E-state index in [9.17, 15) is 9.59 Å². The van der Waals surface area contributed by atoms with E-state index in [0.717, 1.165) is 12.8 Å². The number of anilines is 1. The standard InChI is InChI=1S/C13H15ClN2O3S/c1-20-13(2-3-13)7-15-12(19)16-10-5-8(11(17)18)4-9(14)6-10/h4-6H,2-3,7H2,1H3,(H,17,18)(H2,15,16,19). The number of rotatable bonds is 5. The summed E-state index contributed by atoms with van der Waals surface area (Å²) in [7, 11) is 0. The van der Waals surface area contributed by atoms with Gasteiger partial charge in [-0.2, -0.15) is 11.8 Å². The molecule has 0 unspecified atom stereocenters. The second-order valence-electron chi connectivity index (χ2n) is 4.73. The van der Waals surface area contributed by atoms with Crippen molar-refractivity contribution in [2.24, 2.45) is 0 Å². The van der Waals surface area contributed by atoms with E-state index in [1.54, 1.807) is 11.8 Å². The highest BCUT2D eigenvalue weighted by molar-refractivity contribution is 8.00. The molecule has 1 fully saturated rings. The van der Waals surface area contributed by atoms with E-state index < -0.39 is 5.97 Å². The molecule has 1 saturated carbocycles. The number of carbonyl (C=O) groups is 2. The van der Waals surface area contributed by atoms with Crippen LogP contribution in [-0.2, 0) is 0 Å². The summed E-state index contributed by atoms with van der Waals surface area (Å²) in [6.07, 6.45) is 4.24. The van der Waals surface area contributed by atoms with E-state index >= 15 is 0 Å². The average molecular weight is 315 g/mol. The van der Waals surface area contributed by atoms with Crippen LogP contribution >= 0.6 is 23.4 Å². The normalized spacial score (nSPS) is 15.5. The van der Waals surface area contributed by atoms with E-state index in [2.05, 4.69) is 10.6 Å². The van der Waals surface area contributed by atoms with Crippen molar-refractivity contribution in [2.75, 3.05) is 18.1 Å². The average Bonchev–Trinajstić information content (AvgIpc) is 3.16. The molecular weight excluding hydrogens is 300 g/mol. The van der Waals surface area contributed by atoms with Crippen LogP contribution in [-0.4, -0.2) is 34.7 Å². The quantitative estimate of drug-likeness (QED) is 0.780. The number of hydrogen-bond acceptors (Lipinski definition) is 3. The summed E-state index contributed by atoms with van der Waals surface area (Å²) in [4.78, 5) is 22.7. The number of nitrogens with one attached hydrogen (secondary N) is 2. The second-order valence-corrected chi connectivity index (χ2v) is 6.44. The summed E-state index contributed by atoms with van der Waals surface area (Å²) >= 11 is 7.58. The summed E-state index contributed by atoms with van der Waals surface area (Å²) in [5.74, 6) is -1.09. The fraction of sp³-hybridized carbons (Fsp3) is 0.385. The van der Waals surface area contributed by atoms with Gasteiger partial charge in [-0.3, -0.25) is 0 Å². The zero-order chi connectivity index (χ0) is 14.8. The third kappa shape index (κ3) is 3.80. The number of thioether (sulfide) groups is 1. The largest absolute Gasteiger partial charge is 0.478 e. The predicted octanol–water partition coefficient (Wildman–Crippen LogP) is 3.06. The maximum Gasteiger partial charge on any atom is 0.335 e. The topological polar surface area (TPSA) is 78.4 Å². The van der Waals surface area contributed by atoms with E-state index in [1.807, 2.05) is 6.26 Å². The molecule has 5 nitrogen and oxygen atoms in total. The first-order valence-electron chi connectivity index (χ1n) is 6.08. The lowest BCUT2D eigenvalue weighted by atomic mass is 10.2. The molecule has 0 aliphatic heterocycles. The maximum atomic E-state index is 11.8. The van der Waals surface area contributed by atoms with Gasteiger partial charge in [-0.25, -0.2) is 9.59 Å². The highest BCUT2D eigenvalue weighted by Crippen LogP contribution is 2.46. The molecule has 0 saturated heterocycles. The van der Waals surface area contributed by atoms with Crippen molar-refractivity contribution in [3.63, 3.8) is 0 Å². The fourth-order valence-electron chi connectivity index (χ4n) is 1.79. The van der Waals surface area contributed by atoms with Gasteiger partial charge in [0.2, 0.25) is 0 Å². The Morgan fingerprint density at radius 1 is 1.40 bits per heavy atom. The minimum absolute atomic E-state index is 0.0376. The van der Waals surface area contributed by atoms with Gasteiger partial charge >= 0.3 is 12.0 Å². The molecule has 7 heteroatoms. The molecule has 2 amide bonds. The first-order chi connectivity index (χ1) is 9.44. The first kappa shape index (κ1) is 15.0. The van der Waals surface area contributed by atoms with Gasteiger partial charge in [-0.05, 0) is 37.3 Å². The molecule has 0 aromatic heterocycles. The molecule has 0 spiro atoms. The highest BCUT2D eigenvalue weighted by atomic mass is 35.5. The van der Waals surface area contributed by atoms with Crippen LogP contribution in [0, 0.1) is 0 Å². The molecular formula is C13H15ClN2O3S. The Balaban J connectivity index is 1.95. The number of aromatic carboxylic acids is 1. The zero-order valence-corrected chi connectivity index (χ0v) is 12.5. The van der Waals surface area contributed by atoms with Crippen molar-refractivity contribution in [2.45, 2.75) is 17.6 Å². The summed E-state index contributed by atoms with van der Waals surface area (Å²) < 4.78 is 0.178. The van der Waals surface area contributed by atoms with Gasteiger partial charge in [0.1, 0.15) is 0 Å². The molecule has 1 aliphatic rings. The van der Waals surface area contributed by atoms with E-state index in [0.29, 0.717) is 12.2 Å². The first-order valence-corrected chi connectivity index (χ1v) is 7.68. The predicted molar refractivity (Wildman–Crippen MR) is 80.9 cm³/mol. The van der Waals surface area contributed by atoms with E-state index in [4.69, 9.17) is 16.7 Å². The van der Waals surface area contributed by atoms with Crippen LogP contribution in [0.4, 0.5) is 10.5 Å². The Morgan fingerprint density at radius 3 is 2.65 bits per heavy atom. The Hall–Kier alpha value is -1.40. The van der Waals surface area contributed by atoms with Crippen LogP contribution in [0.3, 0.4) is 0 Å². The fourth-order valence-corrected chi connectivity index (χ4v) is 2.76. The third-order valence-electron chi connectivity index (χ3n) is 3.21. The minimum atomic E-state index is -1.09. The minimum Gasteiger partial charge on any atom is -0.478 e. The van der Waals surface area contributed by atoms with Gasteiger partial charge in [0.25, 0.3) is 0 Å². The number of halogens is 1. The highest BCUT2D eigenvalue weighted by Gasteiger charge is 2.41. The number of carboxylic acids is 1. The van der Waals surface area contributed by atoms with Crippen LogP contribution in [0.1, 0.15) is 23.2 Å². The van der Waals surface area contributed by atoms with Crippen molar-refractivity contribution in [1.82, 2.24) is 5.32 Å². The molecule has 0 heterocycles. The summed E-state index contributed by atoms with van der Waals surface area (Å²) in [6, 6.07) is 3.86. The molecule has 3 N–H and O–H groups in total. The molecule has 1 aromatic carbocycles. The Morgan fingerprint density at radius 2 is 2.10 bits per heavy atom. The Kier molecular flexibility index (Phi) is 4.45. The van der Waals surface area contributed by atoms with Crippen molar-refractivity contribution >= 4 is 41.1 Å². The van der Waals surface area contributed by atoms with Crippen LogP contribution < -0.4 is 10.6 Å². The summed E-state index contributed by atoms with van der Waals surface area (Å²) in [5, 5.41) is 14.6.